The molecule has 0 heterocycles. The van der Waals surface area contributed by atoms with Crippen LogP contribution >= 0.6 is 12.2 Å². The van der Waals surface area contributed by atoms with E-state index in [2.05, 4.69) is 10.6 Å². The molecule has 5 N–H and O–H groups in total. The van der Waals surface area contributed by atoms with Crippen LogP contribution in [0.1, 0.15) is 17.2 Å². The molecule has 0 aromatic heterocycles. The summed E-state index contributed by atoms with van der Waals surface area (Å²) in [6.07, 6.45) is 0.0399. The molecule has 29 heavy (non-hydrogen) atoms. The number of thiocarbonyl (C=S) groups is 1. The molecule has 1 aromatic carbocycles. The topological polar surface area (TPSA) is 197 Å². The number of carbonyl (C=O) groups is 2. The van der Waals surface area contributed by atoms with Crippen LogP contribution < -0.4 is 16.4 Å². The summed E-state index contributed by atoms with van der Waals surface area (Å²) in [7, 11) is -8.75. The van der Waals surface area contributed by atoms with Gasteiger partial charge in [0.1, 0.15) is 10.7 Å². The van der Waals surface area contributed by atoms with E-state index < -0.39 is 59.8 Å². The number of nitrogens with two attached hydrogens (primary N) is 1. The number of nitrogens with zero attached hydrogens (tertiary/aromatic N) is 1. The summed E-state index contributed by atoms with van der Waals surface area (Å²) in [5, 5.41) is 11.1. The first-order valence-electron chi connectivity index (χ1n) is 7.71. The van der Waals surface area contributed by atoms with Gasteiger partial charge in [0.05, 0.1) is 12.5 Å². The monoisotopic (exact) mass is 462 g/mol. The Morgan fingerprint density at radius 1 is 1.24 bits per heavy atom. The van der Waals surface area contributed by atoms with Crippen LogP contribution in [0.3, 0.4) is 0 Å². The number of nitrogens with one attached hydrogen (secondary N) is 2. The Kier molecular flexibility index (Phi) is 7.81. The number of hydrogen-bond donors (Lipinski definition) is 4. The number of sulfone groups is 1. The van der Waals surface area contributed by atoms with Crippen LogP contribution in [-0.4, -0.2) is 55.9 Å². The molecule has 2 atom stereocenters. The lowest BCUT2D eigenvalue weighted by atomic mass is 10.0. The van der Waals surface area contributed by atoms with Crippen molar-refractivity contribution in [2.45, 2.75) is 17.3 Å². The Bertz CT molecular complexity index is 1050. The van der Waals surface area contributed by atoms with Crippen LogP contribution in [0, 0.1) is 11.3 Å². The fourth-order valence-electron chi connectivity index (χ4n) is 2.32. The normalized spacial score (nSPS) is 14.7. The highest BCUT2D eigenvalue weighted by molar-refractivity contribution is 7.91. The maximum absolute atomic E-state index is 12.7. The van der Waals surface area contributed by atoms with Crippen LogP contribution in [0.2, 0.25) is 0 Å². The van der Waals surface area contributed by atoms with E-state index >= 15 is 0 Å². The highest BCUT2D eigenvalue weighted by Gasteiger charge is 2.42. The standard InChI is InChI=1S/C15H18N4O7S3/c1-28(22,23)9-11(20)18-15(7-8-16,14(17)27)19-13(21)12(29(24,25)26)10-5-3-2-4-6-10/h2-6,12H,7,9H2,1H3,(H2,17,27)(H,18,20)(H,19,21)(H,24,25,26). The number of carbonyl (C=O) groups excluding carboxylic acids is 2. The summed E-state index contributed by atoms with van der Waals surface area (Å²) < 4.78 is 55.7. The second kappa shape index (κ2) is 9.27. The zero-order valence-electron chi connectivity index (χ0n) is 15.0. The van der Waals surface area contributed by atoms with Gasteiger partial charge < -0.3 is 16.4 Å². The molecule has 1 rings (SSSR count). The predicted octanol–water partition coefficient (Wildman–Crippen LogP) is -1.21. The number of hydrogen-bond acceptors (Lipinski definition) is 8. The van der Waals surface area contributed by atoms with Crippen molar-refractivity contribution in [2.75, 3.05) is 12.0 Å². The zero-order chi connectivity index (χ0) is 22.5. The van der Waals surface area contributed by atoms with Gasteiger partial charge in [0.25, 0.3) is 10.1 Å². The maximum Gasteiger partial charge on any atom is 0.281 e. The largest absolute Gasteiger partial charge is 0.390 e. The molecule has 1 aromatic rings. The van der Waals surface area contributed by atoms with E-state index in [4.69, 9.17) is 23.2 Å². The molecule has 0 aliphatic rings. The average Bonchev–Trinajstić information content (AvgIpc) is 2.52. The number of rotatable bonds is 9. The lowest BCUT2D eigenvalue weighted by Gasteiger charge is -2.33. The van der Waals surface area contributed by atoms with Crippen molar-refractivity contribution in [1.82, 2.24) is 10.6 Å². The van der Waals surface area contributed by atoms with Gasteiger partial charge in [-0.1, -0.05) is 42.5 Å². The quantitative estimate of drug-likeness (QED) is 0.196. The third kappa shape index (κ3) is 7.06. The van der Waals surface area contributed by atoms with E-state index in [0.717, 1.165) is 6.26 Å². The number of amides is 2. The van der Waals surface area contributed by atoms with Crippen LogP contribution in [0.25, 0.3) is 0 Å². The number of benzene rings is 1. The van der Waals surface area contributed by atoms with Gasteiger partial charge in [-0.05, 0) is 5.56 Å². The molecule has 0 saturated carbocycles. The molecule has 2 unspecified atom stereocenters. The highest BCUT2D eigenvalue weighted by Crippen LogP contribution is 2.23. The van der Waals surface area contributed by atoms with Crippen LogP contribution in [0.15, 0.2) is 30.3 Å². The molecule has 0 radical (unpaired) electrons. The lowest BCUT2D eigenvalue weighted by molar-refractivity contribution is -0.124. The van der Waals surface area contributed by atoms with Crippen molar-refractivity contribution in [1.29, 1.82) is 5.26 Å². The Morgan fingerprint density at radius 2 is 1.79 bits per heavy atom. The first-order valence-corrected chi connectivity index (χ1v) is 11.7. The molecule has 0 aliphatic heterocycles. The summed E-state index contributed by atoms with van der Waals surface area (Å²) in [6, 6.07) is 8.52. The van der Waals surface area contributed by atoms with Crippen molar-refractivity contribution < 1.29 is 31.0 Å². The molecule has 0 fully saturated rings. The fraction of sp³-hybridized carbons (Fsp3) is 0.333. The van der Waals surface area contributed by atoms with Crippen LogP contribution in [-0.2, 0) is 29.5 Å². The van der Waals surface area contributed by atoms with E-state index in [9.17, 15) is 31.0 Å². The summed E-state index contributed by atoms with van der Waals surface area (Å²) in [6.45, 7) is 0. The molecular formula is C15H18N4O7S3. The van der Waals surface area contributed by atoms with Crippen molar-refractivity contribution in [3.63, 3.8) is 0 Å². The Morgan fingerprint density at radius 3 is 2.21 bits per heavy atom. The molecule has 0 bridgehead atoms. The highest BCUT2D eigenvalue weighted by atomic mass is 32.2. The molecule has 14 heteroatoms. The van der Waals surface area contributed by atoms with Gasteiger partial charge in [-0.2, -0.15) is 13.7 Å². The van der Waals surface area contributed by atoms with Gasteiger partial charge in [-0.25, -0.2) is 8.42 Å². The third-order valence-corrected chi connectivity index (χ3v) is 5.70. The second-order valence-electron chi connectivity index (χ2n) is 6.02. The summed E-state index contributed by atoms with van der Waals surface area (Å²) >= 11 is 4.81. The molecule has 0 saturated heterocycles. The first kappa shape index (κ1) is 24.4. The van der Waals surface area contributed by atoms with Gasteiger partial charge in [-0.15, -0.1) is 0 Å². The van der Waals surface area contributed by atoms with Gasteiger partial charge >= 0.3 is 0 Å². The third-order valence-electron chi connectivity index (χ3n) is 3.49. The molecule has 158 valence electrons. The fourth-order valence-corrected chi connectivity index (χ4v) is 3.88. The smallest absolute Gasteiger partial charge is 0.281 e. The lowest BCUT2D eigenvalue weighted by Crippen LogP contribution is -2.68. The second-order valence-corrected chi connectivity index (χ2v) is 10.1. The van der Waals surface area contributed by atoms with E-state index in [1.807, 2.05) is 0 Å². The van der Waals surface area contributed by atoms with Crippen LogP contribution in [0.5, 0.6) is 0 Å². The molecule has 0 spiro atoms. The van der Waals surface area contributed by atoms with Gasteiger partial charge in [0.15, 0.2) is 20.8 Å². The minimum Gasteiger partial charge on any atom is -0.390 e. The van der Waals surface area contributed by atoms with Crippen LogP contribution in [0.4, 0.5) is 0 Å². The van der Waals surface area contributed by atoms with E-state index in [-0.39, 0.29) is 5.56 Å². The zero-order valence-corrected chi connectivity index (χ0v) is 17.5. The molecule has 0 aliphatic carbocycles. The van der Waals surface area contributed by atoms with E-state index in [0.29, 0.717) is 0 Å². The van der Waals surface area contributed by atoms with Crippen molar-refractivity contribution in [3.8, 4) is 6.07 Å². The van der Waals surface area contributed by atoms with Crippen molar-refractivity contribution >= 4 is 49.0 Å². The number of nitriles is 1. The summed E-state index contributed by atoms with van der Waals surface area (Å²) in [5.41, 5.74) is 3.20. The van der Waals surface area contributed by atoms with Crippen molar-refractivity contribution in [2.24, 2.45) is 5.73 Å². The molecular weight excluding hydrogens is 444 g/mol. The SMILES string of the molecule is CS(=O)(=O)CC(=O)NC(CC#N)(NC(=O)C(c1ccccc1)S(=O)(=O)O)C(N)=S. The molecule has 11 nitrogen and oxygen atoms in total. The van der Waals surface area contributed by atoms with Gasteiger partial charge in [0, 0.05) is 6.26 Å². The Balaban J connectivity index is 3.36. The van der Waals surface area contributed by atoms with Gasteiger partial charge in [-0.3, -0.25) is 14.1 Å². The minimum atomic E-state index is -4.98. The summed E-state index contributed by atoms with van der Waals surface area (Å²) in [4.78, 5) is 24.1. The summed E-state index contributed by atoms with van der Waals surface area (Å²) in [5.74, 6) is -3.49. The first-order chi connectivity index (χ1) is 13.2. The van der Waals surface area contributed by atoms with Gasteiger partial charge in [0.2, 0.25) is 11.8 Å². The minimum absolute atomic E-state index is 0.108. The van der Waals surface area contributed by atoms with E-state index in [1.165, 1.54) is 24.3 Å². The predicted molar refractivity (Wildman–Crippen MR) is 106 cm³/mol. The Hall–Kier alpha value is -2.60. The van der Waals surface area contributed by atoms with E-state index in [1.54, 1.807) is 12.1 Å². The molecule has 2 amide bonds. The maximum atomic E-state index is 12.7. The average molecular weight is 463 g/mol. The van der Waals surface area contributed by atoms with Crippen molar-refractivity contribution in [3.05, 3.63) is 35.9 Å². The Labute approximate surface area is 172 Å².